The van der Waals surface area contributed by atoms with E-state index in [0.29, 0.717) is 30.0 Å². The van der Waals surface area contributed by atoms with Gasteiger partial charge in [0.05, 0.1) is 0 Å². The van der Waals surface area contributed by atoms with Crippen molar-refractivity contribution in [2.75, 3.05) is 6.61 Å². The number of rotatable bonds is 7. The number of aliphatic hydroxyl groups is 1. The van der Waals surface area contributed by atoms with Crippen molar-refractivity contribution in [2.45, 2.75) is 25.9 Å². The fraction of sp³-hybridized carbons (Fsp3) is 0.250. The van der Waals surface area contributed by atoms with Gasteiger partial charge in [-0.3, -0.25) is 13.9 Å². The topological polar surface area (TPSA) is 82.0 Å². The number of nitrogens with zero attached hydrogens (tertiary/aromatic N) is 4. The van der Waals surface area contributed by atoms with Crippen LogP contribution in [0.2, 0.25) is 0 Å². The first-order valence-electron chi connectivity index (χ1n) is 11.9. The van der Waals surface area contributed by atoms with E-state index in [1.807, 2.05) is 47.1 Å². The first kappa shape index (κ1) is 22.8. The first-order chi connectivity index (χ1) is 17.1. The highest BCUT2D eigenvalue weighted by atomic mass is 16.3. The Kier molecular flexibility index (Phi) is 6.33. The summed E-state index contributed by atoms with van der Waals surface area (Å²) >= 11 is 0. The van der Waals surface area contributed by atoms with Gasteiger partial charge in [0.15, 0.2) is 11.2 Å². The van der Waals surface area contributed by atoms with Crippen LogP contribution in [0.3, 0.4) is 0 Å². The summed E-state index contributed by atoms with van der Waals surface area (Å²) < 4.78 is 4.61. The number of hydrogen-bond donors (Lipinski definition) is 1. The van der Waals surface area contributed by atoms with Gasteiger partial charge in [-0.15, -0.1) is 0 Å². The standard InChI is InChI=1S/C28H28N4O3/c1-30-26-24(27(34)31(28(30)35)16-9-17-33)32(19-20-10-4-2-5-11-20)25(29-26)23-15-8-14-22(18-23)21-12-6-3-7-13-21/h2-8,10,12-15,18,20,33H,9,11,16-17,19H2,1H3. The van der Waals surface area contributed by atoms with E-state index in [0.717, 1.165) is 23.1 Å². The van der Waals surface area contributed by atoms with Gasteiger partial charge in [0.25, 0.3) is 5.56 Å². The molecule has 0 saturated heterocycles. The minimum Gasteiger partial charge on any atom is -0.396 e. The van der Waals surface area contributed by atoms with Crippen LogP contribution < -0.4 is 11.2 Å². The molecule has 0 aliphatic heterocycles. The van der Waals surface area contributed by atoms with Gasteiger partial charge >= 0.3 is 5.69 Å². The summed E-state index contributed by atoms with van der Waals surface area (Å²) in [5.74, 6) is 0.865. The first-order valence-corrected chi connectivity index (χ1v) is 11.9. The summed E-state index contributed by atoms with van der Waals surface area (Å²) in [5, 5.41) is 9.28. The lowest BCUT2D eigenvalue weighted by atomic mass is 10.00. The molecule has 1 aliphatic rings. The maximum atomic E-state index is 13.6. The molecule has 5 rings (SSSR count). The smallest absolute Gasteiger partial charge is 0.332 e. The number of benzene rings is 2. The lowest BCUT2D eigenvalue weighted by molar-refractivity contribution is 0.277. The Labute approximate surface area is 202 Å². The van der Waals surface area contributed by atoms with Crippen LogP contribution in [0, 0.1) is 5.92 Å². The molecule has 0 radical (unpaired) electrons. The molecule has 1 N–H and O–H groups in total. The third-order valence-electron chi connectivity index (χ3n) is 6.49. The average molecular weight is 469 g/mol. The molecule has 2 heterocycles. The van der Waals surface area contributed by atoms with E-state index in [2.05, 4.69) is 36.4 Å². The van der Waals surface area contributed by atoms with E-state index >= 15 is 0 Å². The van der Waals surface area contributed by atoms with E-state index < -0.39 is 5.69 Å². The monoisotopic (exact) mass is 468 g/mol. The average Bonchev–Trinajstić information content (AvgIpc) is 3.28. The number of aromatic nitrogens is 4. The van der Waals surface area contributed by atoms with Crippen molar-refractivity contribution in [3.05, 3.63) is 99.7 Å². The Morgan fingerprint density at radius 1 is 0.971 bits per heavy atom. The van der Waals surface area contributed by atoms with Crippen molar-refractivity contribution in [3.63, 3.8) is 0 Å². The molecule has 2 aromatic heterocycles. The number of aryl methyl sites for hydroxylation is 1. The molecule has 0 spiro atoms. The highest BCUT2D eigenvalue weighted by molar-refractivity contribution is 5.79. The maximum Gasteiger partial charge on any atom is 0.332 e. The molecule has 178 valence electrons. The van der Waals surface area contributed by atoms with Crippen LogP contribution in [0.1, 0.15) is 12.8 Å². The molecule has 4 aromatic rings. The van der Waals surface area contributed by atoms with Crippen LogP contribution in [-0.2, 0) is 20.1 Å². The van der Waals surface area contributed by atoms with Crippen LogP contribution in [0.15, 0.2) is 88.5 Å². The van der Waals surface area contributed by atoms with Crippen molar-refractivity contribution >= 4 is 11.2 Å². The highest BCUT2D eigenvalue weighted by Gasteiger charge is 2.23. The Morgan fingerprint density at radius 3 is 2.49 bits per heavy atom. The van der Waals surface area contributed by atoms with Crippen molar-refractivity contribution in [1.29, 1.82) is 0 Å². The predicted molar refractivity (Wildman–Crippen MR) is 138 cm³/mol. The molecule has 1 aliphatic carbocycles. The quantitative estimate of drug-likeness (QED) is 0.448. The van der Waals surface area contributed by atoms with Crippen LogP contribution in [-0.4, -0.2) is 30.4 Å². The summed E-state index contributed by atoms with van der Waals surface area (Å²) in [4.78, 5) is 31.4. The van der Waals surface area contributed by atoms with Gasteiger partial charge in [0.1, 0.15) is 5.82 Å². The molecule has 0 amide bonds. The molecule has 1 unspecified atom stereocenters. The van der Waals surface area contributed by atoms with Crippen LogP contribution in [0.4, 0.5) is 0 Å². The van der Waals surface area contributed by atoms with Gasteiger partial charge in [-0.25, -0.2) is 9.78 Å². The molecule has 2 aromatic carbocycles. The minimum atomic E-state index is -0.425. The van der Waals surface area contributed by atoms with Crippen LogP contribution >= 0.6 is 0 Å². The Balaban J connectivity index is 1.74. The van der Waals surface area contributed by atoms with Gasteiger partial charge in [-0.2, -0.15) is 0 Å². The Hall–Kier alpha value is -3.97. The molecular formula is C28H28N4O3. The van der Waals surface area contributed by atoms with Crippen LogP contribution in [0.25, 0.3) is 33.7 Å². The predicted octanol–water partition coefficient (Wildman–Crippen LogP) is 3.75. The normalized spacial score (nSPS) is 15.2. The van der Waals surface area contributed by atoms with E-state index in [4.69, 9.17) is 4.98 Å². The lowest BCUT2D eigenvalue weighted by Gasteiger charge is -2.17. The Bertz CT molecular complexity index is 1540. The van der Waals surface area contributed by atoms with E-state index in [9.17, 15) is 14.7 Å². The van der Waals surface area contributed by atoms with Crippen molar-refractivity contribution in [3.8, 4) is 22.5 Å². The number of hydrogen-bond acceptors (Lipinski definition) is 4. The van der Waals surface area contributed by atoms with E-state index in [1.165, 1.54) is 9.13 Å². The minimum absolute atomic E-state index is 0.0936. The SMILES string of the molecule is Cn1c(=O)n(CCCO)c(=O)c2c1nc(-c1cccc(-c3ccccc3)c1)n2CC1C=CC=CC1. The second-order valence-corrected chi connectivity index (χ2v) is 8.85. The molecule has 7 nitrogen and oxygen atoms in total. The third-order valence-corrected chi connectivity index (χ3v) is 6.49. The van der Waals surface area contributed by atoms with Gasteiger partial charge in [-0.1, -0.05) is 72.8 Å². The third kappa shape index (κ3) is 4.31. The Morgan fingerprint density at radius 2 is 1.74 bits per heavy atom. The summed E-state index contributed by atoms with van der Waals surface area (Å²) in [7, 11) is 1.64. The van der Waals surface area contributed by atoms with Gasteiger partial charge < -0.3 is 9.67 Å². The van der Waals surface area contributed by atoms with E-state index in [1.54, 1.807) is 7.05 Å². The highest BCUT2D eigenvalue weighted by Crippen LogP contribution is 2.29. The zero-order valence-electron chi connectivity index (χ0n) is 19.7. The molecule has 1 atom stereocenters. The van der Waals surface area contributed by atoms with Crippen molar-refractivity contribution in [1.82, 2.24) is 18.7 Å². The molecular weight excluding hydrogens is 440 g/mol. The van der Waals surface area contributed by atoms with Gasteiger partial charge in [-0.05, 0) is 36.0 Å². The maximum absolute atomic E-state index is 13.6. The van der Waals surface area contributed by atoms with Gasteiger partial charge in [0, 0.05) is 32.3 Å². The fourth-order valence-corrected chi connectivity index (χ4v) is 4.67. The summed E-state index contributed by atoms with van der Waals surface area (Å²) in [5.41, 5.74) is 3.01. The van der Waals surface area contributed by atoms with E-state index in [-0.39, 0.29) is 24.6 Å². The zero-order chi connectivity index (χ0) is 24.4. The molecule has 0 saturated carbocycles. The fourth-order valence-electron chi connectivity index (χ4n) is 4.67. The summed E-state index contributed by atoms with van der Waals surface area (Å²) in [6.45, 7) is 0.632. The number of allylic oxidation sites excluding steroid dienone is 4. The van der Waals surface area contributed by atoms with Gasteiger partial charge in [0.2, 0.25) is 0 Å². The largest absolute Gasteiger partial charge is 0.396 e. The van der Waals surface area contributed by atoms with Crippen LogP contribution in [0.5, 0.6) is 0 Å². The number of aliphatic hydroxyl groups excluding tert-OH is 1. The van der Waals surface area contributed by atoms with Crippen molar-refractivity contribution < 1.29 is 5.11 Å². The number of imidazole rings is 1. The molecule has 0 fully saturated rings. The summed E-state index contributed by atoms with van der Waals surface area (Å²) in [6, 6.07) is 18.2. The molecule has 7 heteroatoms. The zero-order valence-corrected chi connectivity index (χ0v) is 19.7. The lowest BCUT2D eigenvalue weighted by Crippen LogP contribution is -2.40. The summed E-state index contributed by atoms with van der Waals surface area (Å²) in [6.07, 6.45) is 9.51. The second-order valence-electron chi connectivity index (χ2n) is 8.85. The second kappa shape index (κ2) is 9.72. The number of fused-ring (bicyclic) bond motifs is 1. The van der Waals surface area contributed by atoms with Crippen molar-refractivity contribution in [2.24, 2.45) is 13.0 Å². The molecule has 0 bridgehead atoms. The molecule has 35 heavy (non-hydrogen) atoms.